The van der Waals surface area contributed by atoms with Crippen LogP contribution in [0.15, 0.2) is 12.2 Å². The van der Waals surface area contributed by atoms with Gasteiger partial charge in [0, 0.05) is 30.7 Å². The monoisotopic (exact) mass is 299 g/mol. The fourth-order valence-corrected chi connectivity index (χ4v) is 1.91. The Hall–Kier alpha value is -1.56. The van der Waals surface area contributed by atoms with E-state index < -0.39 is 5.97 Å². The van der Waals surface area contributed by atoms with Crippen molar-refractivity contribution in [3.63, 3.8) is 0 Å². The van der Waals surface area contributed by atoms with Gasteiger partial charge in [0.2, 0.25) is 0 Å². The van der Waals surface area contributed by atoms with Gasteiger partial charge in [-0.25, -0.2) is 9.59 Å². The Morgan fingerprint density at radius 1 is 1.10 bits per heavy atom. The minimum Gasteiger partial charge on any atom is -0.460 e. The quantitative estimate of drug-likeness (QED) is 0.385. The Kier molecular flexibility index (Phi) is 9.45. The Morgan fingerprint density at radius 2 is 1.62 bits per heavy atom. The summed E-state index contributed by atoms with van der Waals surface area (Å²) in [4.78, 5) is 25.0. The van der Waals surface area contributed by atoms with Crippen molar-refractivity contribution < 1.29 is 14.3 Å². The number of esters is 1. The van der Waals surface area contributed by atoms with Gasteiger partial charge < -0.3 is 15.4 Å². The van der Waals surface area contributed by atoms with Crippen molar-refractivity contribution in [2.45, 2.75) is 46.7 Å². The maximum atomic E-state index is 11.5. The SMILES string of the molecule is C=C(C)C(=O)OCCNC(=O)NCCN(C(C)C)C(C)C. The topological polar surface area (TPSA) is 70.7 Å². The molecular weight excluding hydrogens is 270 g/mol. The number of hydrogen-bond acceptors (Lipinski definition) is 4. The Balaban J connectivity index is 3.76. The van der Waals surface area contributed by atoms with Gasteiger partial charge in [-0.1, -0.05) is 6.58 Å². The lowest BCUT2D eigenvalue weighted by atomic mass is 10.2. The van der Waals surface area contributed by atoms with E-state index in [-0.39, 0.29) is 19.2 Å². The number of carbonyl (C=O) groups is 2. The average Bonchev–Trinajstić information content (AvgIpc) is 2.38. The van der Waals surface area contributed by atoms with Crippen LogP contribution in [0.4, 0.5) is 4.79 Å². The lowest BCUT2D eigenvalue weighted by Gasteiger charge is -2.30. The number of amides is 2. The van der Waals surface area contributed by atoms with Crippen LogP contribution in [-0.2, 0) is 9.53 Å². The Labute approximate surface area is 127 Å². The van der Waals surface area contributed by atoms with E-state index in [2.05, 4.69) is 49.8 Å². The molecule has 0 saturated heterocycles. The van der Waals surface area contributed by atoms with E-state index in [4.69, 9.17) is 4.74 Å². The molecule has 21 heavy (non-hydrogen) atoms. The highest BCUT2D eigenvalue weighted by molar-refractivity contribution is 5.86. The summed E-state index contributed by atoms with van der Waals surface area (Å²) in [5.41, 5.74) is 0.349. The molecular formula is C15H29N3O3. The van der Waals surface area contributed by atoms with Crippen LogP contribution in [-0.4, -0.2) is 55.2 Å². The first-order valence-electron chi connectivity index (χ1n) is 7.35. The van der Waals surface area contributed by atoms with Gasteiger partial charge in [-0.3, -0.25) is 4.90 Å². The lowest BCUT2D eigenvalue weighted by Crippen LogP contribution is -2.45. The summed E-state index contributed by atoms with van der Waals surface area (Å²) in [6, 6.07) is 0.627. The van der Waals surface area contributed by atoms with Crippen molar-refractivity contribution in [3.05, 3.63) is 12.2 Å². The molecule has 0 radical (unpaired) electrons. The number of carbonyl (C=O) groups excluding carboxylic acids is 2. The van der Waals surface area contributed by atoms with Gasteiger partial charge >= 0.3 is 12.0 Å². The van der Waals surface area contributed by atoms with Gasteiger partial charge in [0.1, 0.15) is 6.61 Å². The predicted octanol–water partition coefficient (Wildman–Crippen LogP) is 1.52. The largest absolute Gasteiger partial charge is 0.460 e. The second-order valence-corrected chi connectivity index (χ2v) is 5.52. The van der Waals surface area contributed by atoms with E-state index in [1.54, 1.807) is 6.92 Å². The van der Waals surface area contributed by atoms with E-state index in [9.17, 15) is 9.59 Å². The van der Waals surface area contributed by atoms with Gasteiger partial charge in [0.05, 0.1) is 6.54 Å². The van der Waals surface area contributed by atoms with Crippen LogP contribution in [0.25, 0.3) is 0 Å². The highest BCUT2D eigenvalue weighted by atomic mass is 16.5. The van der Waals surface area contributed by atoms with Gasteiger partial charge in [-0.15, -0.1) is 0 Å². The molecule has 0 aromatic rings. The second-order valence-electron chi connectivity index (χ2n) is 5.52. The van der Waals surface area contributed by atoms with Crippen molar-refractivity contribution in [3.8, 4) is 0 Å². The fraction of sp³-hybridized carbons (Fsp3) is 0.733. The molecule has 2 N–H and O–H groups in total. The van der Waals surface area contributed by atoms with Crippen LogP contribution >= 0.6 is 0 Å². The van der Waals surface area contributed by atoms with Crippen LogP contribution in [0.3, 0.4) is 0 Å². The predicted molar refractivity (Wildman–Crippen MR) is 84.2 cm³/mol. The molecule has 0 saturated carbocycles. The number of ether oxygens (including phenoxy) is 1. The van der Waals surface area contributed by atoms with Crippen molar-refractivity contribution >= 4 is 12.0 Å². The molecule has 122 valence electrons. The Morgan fingerprint density at radius 3 is 2.10 bits per heavy atom. The number of nitrogens with one attached hydrogen (secondary N) is 2. The zero-order valence-electron chi connectivity index (χ0n) is 13.9. The molecule has 0 aromatic carbocycles. The third-order valence-electron chi connectivity index (χ3n) is 2.95. The molecule has 0 spiro atoms. The molecule has 2 amide bonds. The zero-order valence-corrected chi connectivity index (χ0v) is 13.9. The first kappa shape index (κ1) is 19.4. The molecule has 0 aliphatic carbocycles. The fourth-order valence-electron chi connectivity index (χ4n) is 1.91. The van der Waals surface area contributed by atoms with E-state index in [1.807, 2.05) is 0 Å². The van der Waals surface area contributed by atoms with Crippen molar-refractivity contribution in [1.82, 2.24) is 15.5 Å². The van der Waals surface area contributed by atoms with Crippen LogP contribution < -0.4 is 10.6 Å². The molecule has 0 unspecified atom stereocenters. The van der Waals surface area contributed by atoms with E-state index in [1.165, 1.54) is 0 Å². The molecule has 6 heteroatoms. The summed E-state index contributed by atoms with van der Waals surface area (Å²) in [6.07, 6.45) is 0. The number of urea groups is 1. The lowest BCUT2D eigenvalue weighted by molar-refractivity contribution is -0.138. The van der Waals surface area contributed by atoms with Crippen molar-refractivity contribution in [2.75, 3.05) is 26.2 Å². The molecule has 0 aromatic heterocycles. The molecule has 0 heterocycles. The van der Waals surface area contributed by atoms with Gasteiger partial charge in [0.15, 0.2) is 0 Å². The van der Waals surface area contributed by atoms with Crippen LogP contribution in [0.5, 0.6) is 0 Å². The van der Waals surface area contributed by atoms with Gasteiger partial charge in [-0.05, 0) is 34.6 Å². The highest BCUT2D eigenvalue weighted by Crippen LogP contribution is 2.03. The summed E-state index contributed by atoms with van der Waals surface area (Å²) >= 11 is 0. The molecule has 0 fully saturated rings. The molecule has 0 aliphatic rings. The maximum Gasteiger partial charge on any atom is 0.333 e. The van der Waals surface area contributed by atoms with Crippen LogP contribution in [0, 0.1) is 0 Å². The number of hydrogen-bond donors (Lipinski definition) is 2. The van der Waals surface area contributed by atoms with Crippen LogP contribution in [0.1, 0.15) is 34.6 Å². The van der Waals surface area contributed by atoms with E-state index >= 15 is 0 Å². The minimum absolute atomic E-state index is 0.142. The smallest absolute Gasteiger partial charge is 0.333 e. The summed E-state index contributed by atoms with van der Waals surface area (Å²) in [6.45, 7) is 15.4. The van der Waals surface area contributed by atoms with Gasteiger partial charge in [0.25, 0.3) is 0 Å². The number of rotatable bonds is 9. The highest BCUT2D eigenvalue weighted by Gasteiger charge is 2.12. The normalized spacial score (nSPS) is 10.9. The van der Waals surface area contributed by atoms with Crippen LogP contribution in [0.2, 0.25) is 0 Å². The molecule has 0 aliphatic heterocycles. The first-order chi connectivity index (χ1) is 9.75. The third-order valence-corrected chi connectivity index (χ3v) is 2.95. The van der Waals surface area contributed by atoms with Gasteiger partial charge in [-0.2, -0.15) is 0 Å². The third kappa shape index (κ3) is 9.07. The summed E-state index contributed by atoms with van der Waals surface area (Å²) in [5.74, 6) is -0.443. The summed E-state index contributed by atoms with van der Waals surface area (Å²) < 4.78 is 4.87. The van der Waals surface area contributed by atoms with Crippen molar-refractivity contribution in [1.29, 1.82) is 0 Å². The van der Waals surface area contributed by atoms with E-state index in [0.29, 0.717) is 24.2 Å². The number of nitrogens with zero attached hydrogens (tertiary/aromatic N) is 1. The molecule has 0 atom stereocenters. The van der Waals surface area contributed by atoms with Crippen molar-refractivity contribution in [2.24, 2.45) is 0 Å². The maximum absolute atomic E-state index is 11.5. The molecule has 0 bridgehead atoms. The first-order valence-corrected chi connectivity index (χ1v) is 7.35. The average molecular weight is 299 g/mol. The molecule has 0 rings (SSSR count). The second kappa shape index (κ2) is 10.2. The summed E-state index contributed by atoms with van der Waals surface area (Å²) in [5, 5.41) is 5.42. The standard InChI is InChI=1S/C15H29N3O3/c1-11(2)14(19)21-10-8-17-15(20)16-7-9-18(12(3)4)13(5)6/h12-13H,1,7-10H2,2-6H3,(H2,16,17,20). The zero-order chi connectivity index (χ0) is 16.4. The minimum atomic E-state index is -0.443. The molecule has 6 nitrogen and oxygen atoms in total. The Bertz CT molecular complexity index is 346. The van der Waals surface area contributed by atoms with E-state index in [0.717, 1.165) is 6.54 Å². The summed E-state index contributed by atoms with van der Waals surface area (Å²) in [7, 11) is 0.